The van der Waals surface area contributed by atoms with Crippen molar-refractivity contribution >= 4 is 25.5 Å². The number of hydrogen-bond donors (Lipinski definition) is 2. The first-order chi connectivity index (χ1) is 12.6. The Hall–Kier alpha value is -1.22. The molecule has 1 aromatic carbocycles. The Morgan fingerprint density at radius 3 is 2.63 bits per heavy atom. The van der Waals surface area contributed by atoms with Crippen LogP contribution in [0.25, 0.3) is 0 Å². The summed E-state index contributed by atoms with van der Waals surface area (Å²) in [6, 6.07) is 3.56. The third-order valence-corrected chi connectivity index (χ3v) is 5.71. The first-order valence-electron chi connectivity index (χ1n) is 8.11. The number of nitrogens with zero attached hydrogens (tertiary/aromatic N) is 1. The van der Waals surface area contributed by atoms with Gasteiger partial charge in [-0.05, 0) is 25.0 Å². The largest absolute Gasteiger partial charge is 0.474 e. The molecule has 0 radical (unpaired) electrons. The lowest BCUT2D eigenvalue weighted by molar-refractivity contribution is 0.0555. The van der Waals surface area contributed by atoms with Gasteiger partial charge in [0.15, 0.2) is 0 Å². The SMILES string of the molecule is COP(=O)(OC)OCC(O)C[C@H](C)N(C)C(=O)NCc1cccc(F)c1Cl. The van der Waals surface area contributed by atoms with E-state index in [1.165, 1.54) is 31.3 Å². The van der Waals surface area contributed by atoms with Gasteiger partial charge in [-0.25, -0.2) is 13.8 Å². The number of amides is 2. The maximum atomic E-state index is 13.4. The fraction of sp³-hybridized carbons (Fsp3) is 0.562. The summed E-state index contributed by atoms with van der Waals surface area (Å²) >= 11 is 5.85. The van der Waals surface area contributed by atoms with E-state index in [1.807, 2.05) is 0 Å². The van der Waals surface area contributed by atoms with Gasteiger partial charge in [-0.1, -0.05) is 23.7 Å². The fourth-order valence-corrected chi connectivity index (χ4v) is 3.07. The third kappa shape index (κ3) is 7.37. The topological polar surface area (TPSA) is 97.3 Å². The van der Waals surface area contributed by atoms with Gasteiger partial charge in [0.05, 0.1) is 17.7 Å². The molecule has 0 aromatic heterocycles. The Morgan fingerprint density at radius 1 is 1.41 bits per heavy atom. The van der Waals surface area contributed by atoms with Crippen molar-refractivity contribution in [3.63, 3.8) is 0 Å². The number of halogens is 2. The number of carbonyl (C=O) groups is 1. The fourth-order valence-electron chi connectivity index (χ4n) is 2.16. The minimum atomic E-state index is -3.67. The Labute approximate surface area is 163 Å². The van der Waals surface area contributed by atoms with E-state index in [0.29, 0.717) is 5.56 Å². The number of nitrogens with one attached hydrogen (secondary N) is 1. The van der Waals surface area contributed by atoms with Crippen molar-refractivity contribution in [2.45, 2.75) is 32.0 Å². The van der Waals surface area contributed by atoms with Gasteiger partial charge in [-0.3, -0.25) is 13.6 Å². The quantitative estimate of drug-likeness (QED) is 0.558. The lowest BCUT2D eigenvalue weighted by atomic mass is 10.1. The van der Waals surface area contributed by atoms with Gasteiger partial charge in [0.25, 0.3) is 0 Å². The summed E-state index contributed by atoms with van der Waals surface area (Å²) in [6.07, 6.45) is -0.829. The number of benzene rings is 1. The van der Waals surface area contributed by atoms with E-state index < -0.39 is 25.8 Å². The Kier molecular flexibility index (Phi) is 9.66. The van der Waals surface area contributed by atoms with Crippen LogP contribution in [0.3, 0.4) is 0 Å². The summed E-state index contributed by atoms with van der Waals surface area (Å²) < 4.78 is 39.3. The standard InChI is InChI=1S/C16H25ClFN2O6P/c1-11(8-13(21)10-26-27(23,24-3)25-4)20(2)16(22)19-9-12-6-5-7-14(18)15(12)17/h5-7,11,13,21H,8-10H2,1-4H3,(H,19,22)/t11-,13?/m0/s1. The number of rotatable bonds is 10. The van der Waals surface area contributed by atoms with Crippen molar-refractivity contribution in [2.24, 2.45) is 0 Å². The molecule has 11 heteroatoms. The number of phosphoric acid groups is 1. The molecule has 1 rings (SSSR count). The molecule has 2 N–H and O–H groups in total. The van der Waals surface area contributed by atoms with Crippen LogP contribution in [-0.4, -0.2) is 56.1 Å². The Balaban J connectivity index is 2.50. The molecule has 0 heterocycles. The smallest absolute Gasteiger partial charge is 0.391 e. The van der Waals surface area contributed by atoms with Gasteiger partial charge in [0.1, 0.15) is 5.82 Å². The van der Waals surface area contributed by atoms with Gasteiger partial charge in [-0.15, -0.1) is 0 Å². The van der Waals surface area contributed by atoms with Gasteiger partial charge in [0, 0.05) is 33.9 Å². The van der Waals surface area contributed by atoms with Gasteiger partial charge in [-0.2, -0.15) is 0 Å². The van der Waals surface area contributed by atoms with Gasteiger partial charge >= 0.3 is 13.9 Å². The first kappa shape index (κ1) is 23.8. The lowest BCUT2D eigenvalue weighted by Gasteiger charge is -2.27. The van der Waals surface area contributed by atoms with Crippen LogP contribution in [0.4, 0.5) is 9.18 Å². The molecular formula is C16H25ClFN2O6P. The van der Waals surface area contributed by atoms with Gasteiger partial charge < -0.3 is 15.3 Å². The molecule has 8 nitrogen and oxygen atoms in total. The molecule has 1 unspecified atom stereocenters. The second-order valence-electron chi connectivity index (χ2n) is 5.83. The molecule has 154 valence electrons. The van der Waals surface area contributed by atoms with E-state index in [2.05, 4.69) is 14.4 Å². The highest BCUT2D eigenvalue weighted by Gasteiger charge is 2.26. The summed E-state index contributed by atoms with van der Waals surface area (Å²) in [5.41, 5.74) is 0.453. The number of phosphoric ester groups is 1. The van der Waals surface area contributed by atoms with Crippen molar-refractivity contribution in [1.29, 1.82) is 0 Å². The normalized spacial score (nSPS) is 13.9. The minimum Gasteiger partial charge on any atom is -0.391 e. The van der Waals surface area contributed by atoms with Crippen molar-refractivity contribution in [3.05, 3.63) is 34.6 Å². The summed E-state index contributed by atoms with van der Waals surface area (Å²) in [5, 5.41) is 12.6. The zero-order chi connectivity index (χ0) is 20.6. The van der Waals surface area contributed by atoms with E-state index in [9.17, 15) is 18.9 Å². The van der Waals surface area contributed by atoms with Crippen LogP contribution in [-0.2, 0) is 24.7 Å². The monoisotopic (exact) mass is 426 g/mol. The van der Waals surface area contributed by atoms with Crippen LogP contribution in [0.2, 0.25) is 5.02 Å². The summed E-state index contributed by atoms with van der Waals surface area (Å²) in [7, 11) is 0.219. The summed E-state index contributed by atoms with van der Waals surface area (Å²) in [5.74, 6) is -0.558. The molecule has 0 aliphatic carbocycles. The predicted molar refractivity (Wildman–Crippen MR) is 99.1 cm³/mol. The molecule has 0 spiro atoms. The van der Waals surface area contributed by atoms with E-state index in [0.717, 1.165) is 0 Å². The highest BCUT2D eigenvalue weighted by molar-refractivity contribution is 7.48. The van der Waals surface area contributed by atoms with E-state index in [1.54, 1.807) is 20.0 Å². The lowest BCUT2D eigenvalue weighted by Crippen LogP contribution is -2.43. The van der Waals surface area contributed by atoms with Crippen molar-refractivity contribution in [1.82, 2.24) is 10.2 Å². The van der Waals surface area contributed by atoms with Crippen molar-refractivity contribution < 1.29 is 32.4 Å². The number of aliphatic hydroxyl groups excluding tert-OH is 1. The molecule has 0 saturated heterocycles. The predicted octanol–water partition coefficient (Wildman–Crippen LogP) is 3.18. The van der Waals surface area contributed by atoms with E-state index >= 15 is 0 Å². The second-order valence-corrected chi connectivity index (χ2v) is 8.09. The first-order valence-corrected chi connectivity index (χ1v) is 9.95. The van der Waals surface area contributed by atoms with Crippen LogP contribution in [0.15, 0.2) is 18.2 Å². The van der Waals surface area contributed by atoms with Crippen molar-refractivity contribution in [3.8, 4) is 0 Å². The molecule has 0 aliphatic heterocycles. The van der Waals surface area contributed by atoms with E-state index in [4.69, 9.17) is 16.1 Å². The molecule has 0 fully saturated rings. The zero-order valence-corrected chi connectivity index (χ0v) is 17.3. The highest BCUT2D eigenvalue weighted by Crippen LogP contribution is 2.47. The average molecular weight is 427 g/mol. The Bertz CT molecular complexity index is 672. The summed E-state index contributed by atoms with van der Waals surface area (Å²) in [4.78, 5) is 13.6. The molecule has 0 aliphatic rings. The summed E-state index contributed by atoms with van der Waals surface area (Å²) in [6.45, 7) is 1.50. The molecule has 2 atom stereocenters. The minimum absolute atomic E-state index is 0.0400. The second kappa shape index (κ2) is 10.9. The number of urea groups is 1. The molecule has 1 aromatic rings. The zero-order valence-electron chi connectivity index (χ0n) is 15.6. The maximum Gasteiger partial charge on any atom is 0.474 e. The van der Waals surface area contributed by atoms with Crippen LogP contribution in [0, 0.1) is 5.82 Å². The number of aliphatic hydroxyl groups is 1. The highest BCUT2D eigenvalue weighted by atomic mass is 35.5. The van der Waals surface area contributed by atoms with Gasteiger partial charge in [0.2, 0.25) is 0 Å². The third-order valence-electron chi connectivity index (χ3n) is 3.93. The van der Waals surface area contributed by atoms with Crippen LogP contribution < -0.4 is 5.32 Å². The van der Waals surface area contributed by atoms with Crippen LogP contribution in [0.5, 0.6) is 0 Å². The maximum absolute atomic E-state index is 13.4. The van der Waals surface area contributed by atoms with E-state index in [-0.39, 0.29) is 30.6 Å². The molecular weight excluding hydrogens is 402 g/mol. The number of carbonyl (C=O) groups excluding carboxylic acids is 1. The molecule has 2 amide bonds. The Morgan fingerprint density at radius 2 is 2.04 bits per heavy atom. The average Bonchev–Trinajstić information content (AvgIpc) is 2.66. The van der Waals surface area contributed by atoms with Crippen molar-refractivity contribution in [2.75, 3.05) is 27.9 Å². The molecule has 27 heavy (non-hydrogen) atoms. The molecule has 0 bridgehead atoms. The number of hydrogen-bond acceptors (Lipinski definition) is 6. The molecule has 0 saturated carbocycles. The van der Waals surface area contributed by atoms with Crippen LogP contribution in [0.1, 0.15) is 18.9 Å². The van der Waals surface area contributed by atoms with Crippen LogP contribution >= 0.6 is 19.4 Å².